The van der Waals surface area contributed by atoms with Gasteiger partial charge in [0.2, 0.25) is 0 Å². The first-order valence-corrected chi connectivity index (χ1v) is 8.81. The second-order valence-corrected chi connectivity index (χ2v) is 6.98. The topological polar surface area (TPSA) is 38.2 Å². The third-order valence-electron chi connectivity index (χ3n) is 4.32. The smallest absolute Gasteiger partial charge is 0.135 e. The van der Waals surface area contributed by atoms with Gasteiger partial charge in [-0.05, 0) is 39.0 Å². The van der Waals surface area contributed by atoms with Gasteiger partial charge in [-0.1, -0.05) is 22.0 Å². The number of hydrogen-bond acceptors (Lipinski definition) is 4. The lowest BCUT2D eigenvalue weighted by molar-refractivity contribution is 0.170. The van der Waals surface area contributed by atoms with E-state index in [0.29, 0.717) is 0 Å². The summed E-state index contributed by atoms with van der Waals surface area (Å²) in [5.74, 6) is 2.86. The maximum absolute atomic E-state index is 6.11. The molecule has 122 valence electrons. The summed E-state index contributed by atoms with van der Waals surface area (Å²) in [7, 11) is 0. The molecule has 1 aliphatic rings. The summed E-state index contributed by atoms with van der Waals surface area (Å²) in [6, 6.07) is 8.05. The third-order valence-corrected chi connectivity index (χ3v) is 4.81. The summed E-state index contributed by atoms with van der Waals surface area (Å²) >= 11 is 3.49. The van der Waals surface area contributed by atoms with Gasteiger partial charge in [0.05, 0.1) is 0 Å². The predicted octanol–water partition coefficient (Wildman–Crippen LogP) is 4.21. The number of rotatable bonds is 3. The highest BCUT2D eigenvalue weighted by atomic mass is 79.9. The second kappa shape index (κ2) is 6.87. The molecule has 1 fully saturated rings. The summed E-state index contributed by atoms with van der Waals surface area (Å²) in [6.07, 6.45) is 2.28. The van der Waals surface area contributed by atoms with Crippen LogP contribution in [-0.2, 0) is 0 Å². The van der Waals surface area contributed by atoms with Gasteiger partial charge in [0.25, 0.3) is 0 Å². The Morgan fingerprint density at radius 3 is 2.57 bits per heavy atom. The highest BCUT2D eigenvalue weighted by molar-refractivity contribution is 9.10. The maximum Gasteiger partial charge on any atom is 0.135 e. The number of ether oxygens (including phenoxy) is 1. The molecular weight excluding hydrogens is 354 g/mol. The zero-order chi connectivity index (χ0) is 16.4. The summed E-state index contributed by atoms with van der Waals surface area (Å²) < 4.78 is 7.16. The fourth-order valence-electron chi connectivity index (χ4n) is 2.98. The number of halogens is 1. The monoisotopic (exact) mass is 375 g/mol. The van der Waals surface area contributed by atoms with Crippen LogP contribution in [0.15, 0.2) is 28.7 Å². The fourth-order valence-corrected chi connectivity index (χ4v) is 3.35. The molecule has 1 aliphatic heterocycles. The summed E-state index contributed by atoms with van der Waals surface area (Å²) in [5.41, 5.74) is 2.25. The first-order valence-electron chi connectivity index (χ1n) is 8.02. The molecule has 1 saturated heterocycles. The summed E-state index contributed by atoms with van der Waals surface area (Å²) in [4.78, 5) is 11.4. The molecule has 0 saturated carbocycles. The van der Waals surface area contributed by atoms with Crippen LogP contribution in [0.25, 0.3) is 0 Å². The van der Waals surface area contributed by atoms with Gasteiger partial charge in [-0.15, -0.1) is 0 Å². The molecule has 2 aromatic rings. The molecular formula is C18H22BrN3O. The number of aryl methyl sites for hydroxylation is 2. The van der Waals surface area contributed by atoms with Crippen LogP contribution in [0.1, 0.15) is 29.9 Å². The minimum absolute atomic E-state index is 0.268. The first-order chi connectivity index (χ1) is 11.0. The van der Waals surface area contributed by atoms with Gasteiger partial charge >= 0.3 is 0 Å². The molecule has 3 rings (SSSR count). The molecule has 1 aromatic heterocycles. The van der Waals surface area contributed by atoms with Crippen LogP contribution in [0, 0.1) is 20.8 Å². The average molecular weight is 376 g/mol. The van der Waals surface area contributed by atoms with Crippen molar-refractivity contribution < 1.29 is 4.74 Å². The van der Waals surface area contributed by atoms with Crippen LogP contribution in [0.2, 0.25) is 0 Å². The molecule has 0 bridgehead atoms. The van der Waals surface area contributed by atoms with E-state index in [1.54, 1.807) is 0 Å². The van der Waals surface area contributed by atoms with E-state index in [0.717, 1.165) is 53.5 Å². The molecule has 0 radical (unpaired) electrons. The minimum Gasteiger partial charge on any atom is -0.490 e. The normalized spacial score (nSPS) is 15.7. The van der Waals surface area contributed by atoms with Crippen LogP contribution in [0.5, 0.6) is 5.75 Å². The van der Waals surface area contributed by atoms with Gasteiger partial charge in [-0.2, -0.15) is 0 Å². The highest BCUT2D eigenvalue weighted by Gasteiger charge is 2.23. The number of piperidine rings is 1. The predicted molar refractivity (Wildman–Crippen MR) is 96.2 cm³/mol. The Hall–Kier alpha value is -1.62. The Kier molecular flexibility index (Phi) is 4.85. The summed E-state index contributed by atoms with van der Waals surface area (Å²) in [6.45, 7) is 8.05. The molecule has 1 aromatic carbocycles. The zero-order valence-electron chi connectivity index (χ0n) is 13.8. The molecule has 0 amide bonds. The van der Waals surface area contributed by atoms with E-state index in [-0.39, 0.29) is 6.10 Å². The molecule has 0 atom stereocenters. The van der Waals surface area contributed by atoms with E-state index in [2.05, 4.69) is 44.6 Å². The lowest BCUT2D eigenvalue weighted by atomic mass is 10.1. The summed E-state index contributed by atoms with van der Waals surface area (Å²) in [5, 5.41) is 0. The van der Waals surface area contributed by atoms with Gasteiger partial charge in [-0.3, -0.25) is 0 Å². The number of hydrogen-bond donors (Lipinski definition) is 0. The SMILES string of the molecule is Cc1nc(C)c(C)c(N2CCC(Oc3cccc(Br)c3)CC2)n1. The molecule has 2 heterocycles. The van der Waals surface area contributed by atoms with E-state index in [9.17, 15) is 0 Å². The van der Waals surface area contributed by atoms with Crippen LogP contribution < -0.4 is 9.64 Å². The number of aromatic nitrogens is 2. The second-order valence-electron chi connectivity index (χ2n) is 6.07. The van der Waals surface area contributed by atoms with Crippen molar-refractivity contribution in [3.63, 3.8) is 0 Å². The van der Waals surface area contributed by atoms with Crippen LogP contribution in [0.3, 0.4) is 0 Å². The van der Waals surface area contributed by atoms with Crippen molar-refractivity contribution in [2.75, 3.05) is 18.0 Å². The van der Waals surface area contributed by atoms with E-state index in [1.807, 2.05) is 31.2 Å². The van der Waals surface area contributed by atoms with Crippen molar-refractivity contribution in [1.29, 1.82) is 0 Å². The molecule has 4 nitrogen and oxygen atoms in total. The quantitative estimate of drug-likeness (QED) is 0.804. The Labute approximate surface area is 146 Å². The fraction of sp³-hybridized carbons (Fsp3) is 0.444. The standard InChI is InChI=1S/C18H22BrN3O/c1-12-13(2)20-14(3)21-18(12)22-9-7-16(8-10-22)23-17-6-4-5-15(19)11-17/h4-6,11,16H,7-10H2,1-3H3. The van der Waals surface area contributed by atoms with Gasteiger partial charge in [-0.25, -0.2) is 9.97 Å². The van der Waals surface area contributed by atoms with Gasteiger partial charge in [0.1, 0.15) is 23.5 Å². The van der Waals surface area contributed by atoms with Crippen molar-refractivity contribution in [1.82, 2.24) is 9.97 Å². The largest absolute Gasteiger partial charge is 0.490 e. The van der Waals surface area contributed by atoms with E-state index < -0.39 is 0 Å². The Bertz CT molecular complexity index is 697. The Morgan fingerprint density at radius 2 is 1.87 bits per heavy atom. The molecule has 0 unspecified atom stereocenters. The van der Waals surface area contributed by atoms with E-state index in [4.69, 9.17) is 4.74 Å². The maximum atomic E-state index is 6.11. The van der Waals surface area contributed by atoms with Crippen molar-refractivity contribution in [2.45, 2.75) is 39.7 Å². The van der Waals surface area contributed by atoms with E-state index >= 15 is 0 Å². The zero-order valence-corrected chi connectivity index (χ0v) is 15.4. The lowest BCUT2D eigenvalue weighted by Gasteiger charge is -2.34. The molecule has 0 N–H and O–H groups in total. The number of anilines is 1. The van der Waals surface area contributed by atoms with E-state index in [1.165, 1.54) is 5.56 Å². The third kappa shape index (κ3) is 3.83. The van der Waals surface area contributed by atoms with Crippen LogP contribution in [-0.4, -0.2) is 29.2 Å². The van der Waals surface area contributed by atoms with Crippen molar-refractivity contribution in [2.24, 2.45) is 0 Å². The highest BCUT2D eigenvalue weighted by Crippen LogP contribution is 2.26. The van der Waals surface area contributed by atoms with Crippen LogP contribution >= 0.6 is 15.9 Å². The van der Waals surface area contributed by atoms with Crippen LogP contribution in [0.4, 0.5) is 5.82 Å². The molecule has 5 heteroatoms. The van der Waals surface area contributed by atoms with Crippen molar-refractivity contribution in [3.8, 4) is 5.75 Å². The minimum atomic E-state index is 0.268. The lowest BCUT2D eigenvalue weighted by Crippen LogP contribution is -2.39. The Morgan fingerprint density at radius 1 is 1.13 bits per heavy atom. The van der Waals surface area contributed by atoms with Gasteiger partial charge in [0.15, 0.2) is 0 Å². The van der Waals surface area contributed by atoms with Gasteiger partial charge in [0, 0.05) is 41.7 Å². The molecule has 23 heavy (non-hydrogen) atoms. The van der Waals surface area contributed by atoms with Crippen molar-refractivity contribution >= 4 is 21.7 Å². The molecule has 0 aliphatic carbocycles. The number of benzene rings is 1. The molecule has 0 spiro atoms. The Balaban J connectivity index is 1.65. The number of nitrogens with zero attached hydrogens (tertiary/aromatic N) is 3. The first kappa shape index (κ1) is 16.2. The van der Waals surface area contributed by atoms with Crippen molar-refractivity contribution in [3.05, 3.63) is 45.8 Å². The average Bonchev–Trinajstić information content (AvgIpc) is 2.52. The van der Waals surface area contributed by atoms with Gasteiger partial charge < -0.3 is 9.64 Å².